The molecule has 0 aliphatic heterocycles. The maximum Gasteiger partial charge on any atom is 0.118 e. The van der Waals surface area contributed by atoms with E-state index in [1.54, 1.807) is 7.11 Å². The van der Waals surface area contributed by atoms with Crippen molar-refractivity contribution in [2.75, 3.05) is 7.11 Å². The zero-order valence-electron chi connectivity index (χ0n) is 8.79. The minimum atomic E-state index is 0.605. The lowest BCUT2D eigenvalue weighted by molar-refractivity contribution is 0.414. The minimum absolute atomic E-state index is 0.605. The van der Waals surface area contributed by atoms with Crippen molar-refractivity contribution < 1.29 is 4.74 Å². The summed E-state index contributed by atoms with van der Waals surface area (Å²) < 4.78 is 5.10. The lowest BCUT2D eigenvalue weighted by Gasteiger charge is -2.15. The second kappa shape index (κ2) is 4.31. The normalized spacial score (nSPS) is 10.9. The van der Waals surface area contributed by atoms with Gasteiger partial charge in [0.2, 0.25) is 0 Å². The first-order valence-electron chi connectivity index (χ1n) is 4.63. The van der Waals surface area contributed by atoms with Gasteiger partial charge >= 0.3 is 0 Å². The Balaban J connectivity index is 2.79. The zero-order chi connectivity index (χ0) is 9.84. The van der Waals surface area contributed by atoms with Gasteiger partial charge in [-0.05, 0) is 23.6 Å². The third-order valence-corrected chi connectivity index (χ3v) is 2.41. The van der Waals surface area contributed by atoms with Crippen molar-refractivity contribution in [3.05, 3.63) is 35.7 Å². The molecule has 0 unspecified atom stereocenters. The summed E-state index contributed by atoms with van der Waals surface area (Å²) in [4.78, 5) is 0. The van der Waals surface area contributed by atoms with Crippen LogP contribution in [0.1, 0.15) is 26.3 Å². The molecular weight excluding hydrogens is 160 g/mol. The number of rotatable bonds is 3. The van der Waals surface area contributed by atoms with Crippen molar-refractivity contribution in [3.63, 3.8) is 0 Å². The van der Waals surface area contributed by atoms with E-state index in [-0.39, 0.29) is 0 Å². The van der Waals surface area contributed by atoms with Crippen LogP contribution in [0.15, 0.2) is 24.3 Å². The van der Waals surface area contributed by atoms with Crippen molar-refractivity contribution >= 4 is 0 Å². The molecule has 71 valence electrons. The van der Waals surface area contributed by atoms with Crippen molar-refractivity contribution in [2.45, 2.75) is 20.8 Å². The SMILES string of the molecule is COc1ccc([C](C)C(C)C)cc1. The summed E-state index contributed by atoms with van der Waals surface area (Å²) in [6, 6.07) is 8.21. The van der Waals surface area contributed by atoms with E-state index in [9.17, 15) is 0 Å². The molecule has 0 atom stereocenters. The molecule has 0 aromatic heterocycles. The fourth-order valence-electron chi connectivity index (χ4n) is 1.19. The number of methoxy groups -OCH3 is 1. The van der Waals surface area contributed by atoms with E-state index in [0.717, 1.165) is 5.75 Å². The summed E-state index contributed by atoms with van der Waals surface area (Å²) in [7, 11) is 1.69. The van der Waals surface area contributed by atoms with Crippen LogP contribution in [0.2, 0.25) is 0 Å². The number of hydrogen-bond donors (Lipinski definition) is 0. The molecule has 0 saturated carbocycles. The molecule has 0 heterocycles. The first-order chi connectivity index (χ1) is 6.15. The molecule has 0 N–H and O–H groups in total. The van der Waals surface area contributed by atoms with E-state index < -0.39 is 0 Å². The van der Waals surface area contributed by atoms with Crippen LogP contribution in [0.5, 0.6) is 5.75 Å². The van der Waals surface area contributed by atoms with E-state index >= 15 is 0 Å². The second-order valence-electron chi connectivity index (χ2n) is 3.57. The summed E-state index contributed by atoms with van der Waals surface area (Å²) in [5, 5.41) is 0. The maximum absolute atomic E-state index is 5.10. The molecule has 0 fully saturated rings. The van der Waals surface area contributed by atoms with Gasteiger partial charge in [0.05, 0.1) is 7.11 Å². The second-order valence-corrected chi connectivity index (χ2v) is 3.57. The van der Waals surface area contributed by atoms with E-state index in [2.05, 4.69) is 32.9 Å². The van der Waals surface area contributed by atoms with Crippen LogP contribution in [-0.2, 0) is 0 Å². The molecule has 0 saturated heterocycles. The Morgan fingerprint density at radius 1 is 1.15 bits per heavy atom. The van der Waals surface area contributed by atoms with Gasteiger partial charge in [-0.15, -0.1) is 0 Å². The summed E-state index contributed by atoms with van der Waals surface area (Å²) in [6.45, 7) is 6.59. The first kappa shape index (κ1) is 10.1. The highest BCUT2D eigenvalue weighted by molar-refractivity contribution is 5.35. The topological polar surface area (TPSA) is 9.23 Å². The Bertz CT molecular complexity index is 248. The summed E-state index contributed by atoms with van der Waals surface area (Å²) >= 11 is 0. The summed E-state index contributed by atoms with van der Waals surface area (Å²) in [6.07, 6.45) is 0. The quantitative estimate of drug-likeness (QED) is 0.688. The molecule has 0 amide bonds. The lowest BCUT2D eigenvalue weighted by Crippen LogP contribution is -2.02. The Morgan fingerprint density at radius 2 is 1.69 bits per heavy atom. The van der Waals surface area contributed by atoms with Crippen LogP contribution in [0.3, 0.4) is 0 Å². The fourth-order valence-corrected chi connectivity index (χ4v) is 1.19. The summed E-state index contributed by atoms with van der Waals surface area (Å²) in [5.41, 5.74) is 1.30. The fraction of sp³-hybridized carbons (Fsp3) is 0.417. The molecule has 0 bridgehead atoms. The number of ether oxygens (including phenoxy) is 1. The predicted octanol–water partition coefficient (Wildman–Crippen LogP) is 3.29. The molecule has 0 aliphatic carbocycles. The molecule has 0 spiro atoms. The van der Waals surface area contributed by atoms with Gasteiger partial charge in [-0.3, -0.25) is 0 Å². The molecule has 0 aliphatic rings. The maximum atomic E-state index is 5.10. The lowest BCUT2D eigenvalue weighted by atomic mass is 9.90. The molecule has 1 radical (unpaired) electrons. The smallest absolute Gasteiger partial charge is 0.118 e. The van der Waals surface area contributed by atoms with Gasteiger partial charge in [0, 0.05) is 5.92 Å². The van der Waals surface area contributed by atoms with E-state index in [1.807, 2.05) is 12.1 Å². The molecule has 1 aromatic carbocycles. The van der Waals surface area contributed by atoms with Gasteiger partial charge in [-0.25, -0.2) is 0 Å². The van der Waals surface area contributed by atoms with Crippen LogP contribution in [0.4, 0.5) is 0 Å². The van der Waals surface area contributed by atoms with Gasteiger partial charge in [-0.1, -0.05) is 32.9 Å². The molecular formula is C12H17O. The van der Waals surface area contributed by atoms with Gasteiger partial charge in [-0.2, -0.15) is 0 Å². The average molecular weight is 177 g/mol. The largest absolute Gasteiger partial charge is 0.497 e. The van der Waals surface area contributed by atoms with E-state index in [1.165, 1.54) is 11.5 Å². The van der Waals surface area contributed by atoms with Gasteiger partial charge in [0.15, 0.2) is 0 Å². The Morgan fingerprint density at radius 3 is 2.08 bits per heavy atom. The number of hydrogen-bond acceptors (Lipinski definition) is 1. The first-order valence-corrected chi connectivity index (χ1v) is 4.63. The third kappa shape index (κ3) is 2.48. The highest BCUT2D eigenvalue weighted by Gasteiger charge is 2.09. The molecule has 1 nitrogen and oxygen atoms in total. The Hall–Kier alpha value is -0.980. The standard InChI is InChI=1S/C12H17O/c1-9(2)10(3)11-5-7-12(13-4)8-6-11/h5-9H,1-4H3. The molecule has 13 heavy (non-hydrogen) atoms. The minimum Gasteiger partial charge on any atom is -0.497 e. The highest BCUT2D eigenvalue weighted by atomic mass is 16.5. The highest BCUT2D eigenvalue weighted by Crippen LogP contribution is 2.24. The molecule has 1 heteroatoms. The Labute approximate surface area is 80.7 Å². The summed E-state index contributed by atoms with van der Waals surface area (Å²) in [5.74, 6) is 2.94. The average Bonchev–Trinajstić information content (AvgIpc) is 2.17. The monoisotopic (exact) mass is 177 g/mol. The van der Waals surface area contributed by atoms with Crippen molar-refractivity contribution in [3.8, 4) is 5.75 Å². The molecule has 1 aromatic rings. The third-order valence-electron chi connectivity index (χ3n) is 2.41. The van der Waals surface area contributed by atoms with Gasteiger partial charge in [0.25, 0.3) is 0 Å². The number of benzene rings is 1. The predicted molar refractivity (Wildman–Crippen MR) is 55.9 cm³/mol. The van der Waals surface area contributed by atoms with Crippen LogP contribution in [0.25, 0.3) is 0 Å². The van der Waals surface area contributed by atoms with Crippen LogP contribution >= 0.6 is 0 Å². The molecule has 1 rings (SSSR count). The van der Waals surface area contributed by atoms with E-state index in [0.29, 0.717) is 5.92 Å². The van der Waals surface area contributed by atoms with Gasteiger partial charge in [0.1, 0.15) is 5.75 Å². The zero-order valence-corrected chi connectivity index (χ0v) is 8.79. The Kier molecular flexibility index (Phi) is 3.35. The van der Waals surface area contributed by atoms with Gasteiger partial charge < -0.3 is 4.74 Å². The van der Waals surface area contributed by atoms with Crippen LogP contribution < -0.4 is 4.74 Å². The van der Waals surface area contributed by atoms with Crippen molar-refractivity contribution in [1.82, 2.24) is 0 Å². The van der Waals surface area contributed by atoms with Crippen LogP contribution in [0, 0.1) is 11.8 Å². The van der Waals surface area contributed by atoms with Crippen molar-refractivity contribution in [2.24, 2.45) is 5.92 Å². The van der Waals surface area contributed by atoms with Crippen LogP contribution in [-0.4, -0.2) is 7.11 Å². The van der Waals surface area contributed by atoms with Crippen molar-refractivity contribution in [1.29, 1.82) is 0 Å². The van der Waals surface area contributed by atoms with E-state index in [4.69, 9.17) is 4.74 Å².